The van der Waals surface area contributed by atoms with Crippen LogP contribution < -0.4 is 4.74 Å². The Kier molecular flexibility index (Phi) is 7.03. The summed E-state index contributed by atoms with van der Waals surface area (Å²) >= 11 is 0. The number of aryl methyl sites for hydroxylation is 2. The van der Waals surface area contributed by atoms with Gasteiger partial charge in [-0.15, -0.1) is 0 Å². The fourth-order valence-corrected chi connectivity index (χ4v) is 5.10. The Balaban J connectivity index is 1.57. The number of hydrogen-bond donors (Lipinski definition) is 2. The third-order valence-electron chi connectivity index (χ3n) is 6.98. The molecule has 0 aliphatic carbocycles. The quantitative estimate of drug-likeness (QED) is 0.187. The van der Waals surface area contributed by atoms with E-state index in [1.165, 1.54) is 4.90 Å². The van der Waals surface area contributed by atoms with Gasteiger partial charge in [0.15, 0.2) is 0 Å². The molecule has 1 aromatic heterocycles. The van der Waals surface area contributed by atoms with E-state index in [9.17, 15) is 14.7 Å². The van der Waals surface area contributed by atoms with Crippen molar-refractivity contribution in [3.63, 3.8) is 0 Å². The van der Waals surface area contributed by atoms with Crippen molar-refractivity contribution in [1.29, 1.82) is 0 Å². The highest BCUT2D eigenvalue weighted by atomic mass is 16.5. The molecule has 1 aliphatic heterocycles. The molecule has 0 spiro atoms. The molecule has 1 amide bonds. The summed E-state index contributed by atoms with van der Waals surface area (Å²) in [5, 5.41) is 12.4. The largest absolute Gasteiger partial charge is 0.507 e. The van der Waals surface area contributed by atoms with E-state index < -0.39 is 17.7 Å². The molecule has 4 aromatic rings. The number of Topliss-reactive ketones (excluding diaryl/α,β-unsaturated/α-hetero) is 1. The van der Waals surface area contributed by atoms with Gasteiger partial charge in [0.1, 0.15) is 18.1 Å². The number of aliphatic hydroxyl groups is 1. The number of para-hydroxylation sites is 1. The van der Waals surface area contributed by atoms with Gasteiger partial charge < -0.3 is 24.5 Å². The zero-order valence-corrected chi connectivity index (χ0v) is 21.7. The molecule has 1 fully saturated rings. The van der Waals surface area contributed by atoms with E-state index in [1.807, 2.05) is 68.4 Å². The van der Waals surface area contributed by atoms with Crippen LogP contribution in [0.15, 0.2) is 78.4 Å². The molecule has 0 saturated carbocycles. The van der Waals surface area contributed by atoms with Gasteiger partial charge in [-0.3, -0.25) is 9.59 Å². The number of benzene rings is 3. The summed E-state index contributed by atoms with van der Waals surface area (Å²) in [5.74, 6) is -0.904. The monoisotopic (exact) mass is 510 g/mol. The van der Waals surface area contributed by atoms with Gasteiger partial charge in [0, 0.05) is 41.4 Å². The number of aromatic nitrogens is 1. The predicted octanol–water partition coefficient (Wildman–Crippen LogP) is 5.43. The molecule has 1 unspecified atom stereocenters. The molecular formula is C31H30N2O5. The number of fused-ring (bicyclic) bond motifs is 1. The van der Waals surface area contributed by atoms with Crippen LogP contribution in [-0.4, -0.2) is 46.9 Å². The lowest BCUT2D eigenvalue weighted by atomic mass is 9.93. The molecule has 0 bridgehead atoms. The second kappa shape index (κ2) is 10.6. The lowest BCUT2D eigenvalue weighted by molar-refractivity contribution is -0.140. The van der Waals surface area contributed by atoms with Gasteiger partial charge >= 0.3 is 0 Å². The minimum absolute atomic E-state index is 0.0660. The standard InChI is InChI=1S/C31H30N2O5/c1-19-17-22(13-14-25(19)38-18-21-9-5-4-6-10-21)29(34)27-28(33(15-16-37-3)31(36)30(27)35)26-20(2)32-24-12-8-7-11-23(24)26/h4-14,17,28,32,34H,15-16,18H2,1-3H3/b29-27+. The molecule has 194 valence electrons. The van der Waals surface area contributed by atoms with Crippen molar-refractivity contribution in [2.45, 2.75) is 26.5 Å². The lowest BCUT2D eigenvalue weighted by Gasteiger charge is -2.25. The average Bonchev–Trinajstić information content (AvgIpc) is 3.38. The Morgan fingerprint density at radius 3 is 2.47 bits per heavy atom. The highest BCUT2D eigenvalue weighted by molar-refractivity contribution is 6.46. The number of carbonyl (C=O) groups is 2. The van der Waals surface area contributed by atoms with Crippen LogP contribution >= 0.6 is 0 Å². The zero-order chi connectivity index (χ0) is 26.8. The van der Waals surface area contributed by atoms with Crippen molar-refractivity contribution in [1.82, 2.24) is 9.88 Å². The van der Waals surface area contributed by atoms with E-state index in [2.05, 4.69) is 4.98 Å². The first-order valence-corrected chi connectivity index (χ1v) is 12.5. The molecular weight excluding hydrogens is 480 g/mol. The number of ketones is 1. The van der Waals surface area contributed by atoms with Crippen LogP contribution in [-0.2, 0) is 20.9 Å². The van der Waals surface area contributed by atoms with Crippen LogP contribution in [0.5, 0.6) is 5.75 Å². The van der Waals surface area contributed by atoms with Gasteiger partial charge in [0.2, 0.25) is 0 Å². The maximum Gasteiger partial charge on any atom is 0.295 e. The van der Waals surface area contributed by atoms with E-state index in [-0.39, 0.29) is 24.5 Å². The van der Waals surface area contributed by atoms with Gasteiger partial charge in [-0.25, -0.2) is 0 Å². The second-order valence-corrected chi connectivity index (χ2v) is 9.45. The maximum atomic E-state index is 13.4. The van der Waals surface area contributed by atoms with Crippen molar-refractivity contribution in [3.8, 4) is 5.75 Å². The number of aromatic amines is 1. The fraction of sp³-hybridized carbons (Fsp3) is 0.226. The predicted molar refractivity (Wildman–Crippen MR) is 146 cm³/mol. The van der Waals surface area contributed by atoms with E-state index in [1.54, 1.807) is 25.3 Å². The van der Waals surface area contributed by atoms with Crippen LogP contribution in [0.2, 0.25) is 0 Å². The normalized spacial score (nSPS) is 16.9. The van der Waals surface area contributed by atoms with E-state index in [0.29, 0.717) is 17.9 Å². The number of aliphatic hydroxyl groups excluding tert-OH is 1. The maximum absolute atomic E-state index is 13.4. The Hall–Kier alpha value is -4.36. The van der Waals surface area contributed by atoms with E-state index in [4.69, 9.17) is 9.47 Å². The number of ether oxygens (including phenoxy) is 2. The molecule has 7 heteroatoms. The van der Waals surface area contributed by atoms with Gasteiger partial charge in [0.05, 0.1) is 18.2 Å². The summed E-state index contributed by atoms with van der Waals surface area (Å²) in [6.07, 6.45) is 0. The van der Waals surface area contributed by atoms with Gasteiger partial charge in [-0.1, -0.05) is 48.5 Å². The molecule has 1 atom stereocenters. The second-order valence-electron chi connectivity index (χ2n) is 9.45. The molecule has 38 heavy (non-hydrogen) atoms. The molecule has 5 rings (SSSR count). The molecule has 0 radical (unpaired) electrons. The number of nitrogens with zero attached hydrogens (tertiary/aromatic N) is 1. The number of hydrogen-bond acceptors (Lipinski definition) is 5. The molecule has 2 N–H and O–H groups in total. The Labute approximate surface area is 221 Å². The Morgan fingerprint density at radius 2 is 1.74 bits per heavy atom. The highest BCUT2D eigenvalue weighted by Gasteiger charge is 2.47. The Bertz CT molecular complexity index is 1540. The lowest BCUT2D eigenvalue weighted by Crippen LogP contribution is -2.32. The third-order valence-corrected chi connectivity index (χ3v) is 6.98. The fourth-order valence-electron chi connectivity index (χ4n) is 5.10. The molecule has 2 heterocycles. The molecule has 1 aliphatic rings. The number of H-pyrrole nitrogens is 1. The van der Waals surface area contributed by atoms with Crippen molar-refractivity contribution in [3.05, 3.63) is 106 Å². The van der Waals surface area contributed by atoms with Crippen molar-refractivity contribution < 1.29 is 24.2 Å². The summed E-state index contributed by atoms with van der Waals surface area (Å²) in [4.78, 5) is 31.4. The summed E-state index contributed by atoms with van der Waals surface area (Å²) in [5.41, 5.74) is 4.87. The van der Waals surface area contributed by atoms with Gasteiger partial charge in [0.25, 0.3) is 11.7 Å². The number of methoxy groups -OCH3 is 1. The van der Waals surface area contributed by atoms with Crippen LogP contribution in [0.4, 0.5) is 0 Å². The average molecular weight is 511 g/mol. The first kappa shape index (κ1) is 25.3. The highest BCUT2D eigenvalue weighted by Crippen LogP contribution is 2.43. The van der Waals surface area contributed by atoms with Crippen LogP contribution in [0.25, 0.3) is 16.7 Å². The number of carbonyl (C=O) groups excluding carboxylic acids is 2. The number of rotatable bonds is 8. The summed E-state index contributed by atoms with van der Waals surface area (Å²) in [6, 6.07) is 22.1. The van der Waals surface area contributed by atoms with E-state index >= 15 is 0 Å². The summed E-state index contributed by atoms with van der Waals surface area (Å²) in [6.45, 7) is 4.69. The van der Waals surface area contributed by atoms with Gasteiger partial charge in [-0.2, -0.15) is 0 Å². The topological polar surface area (TPSA) is 91.9 Å². The van der Waals surface area contributed by atoms with Gasteiger partial charge in [-0.05, 0) is 49.2 Å². The number of nitrogens with one attached hydrogen (secondary N) is 1. The molecule has 1 saturated heterocycles. The minimum atomic E-state index is -0.754. The van der Waals surface area contributed by atoms with Crippen LogP contribution in [0.3, 0.4) is 0 Å². The SMILES string of the molecule is COCCN1C(=O)C(=O)/C(=C(/O)c2ccc(OCc3ccccc3)c(C)c2)C1c1c(C)[nH]c2ccccc12. The Morgan fingerprint density at radius 1 is 1.00 bits per heavy atom. The van der Waals surface area contributed by atoms with Crippen LogP contribution in [0, 0.1) is 13.8 Å². The van der Waals surface area contributed by atoms with Crippen molar-refractivity contribution in [2.75, 3.05) is 20.3 Å². The zero-order valence-electron chi connectivity index (χ0n) is 21.7. The smallest absolute Gasteiger partial charge is 0.295 e. The van der Waals surface area contributed by atoms with Crippen molar-refractivity contribution >= 4 is 28.4 Å². The third kappa shape index (κ3) is 4.57. The number of likely N-dealkylation sites (tertiary alicyclic amines) is 1. The first-order chi connectivity index (χ1) is 18.4. The summed E-state index contributed by atoms with van der Waals surface area (Å²) in [7, 11) is 1.55. The molecule has 7 nitrogen and oxygen atoms in total. The minimum Gasteiger partial charge on any atom is -0.507 e. The van der Waals surface area contributed by atoms with Crippen molar-refractivity contribution in [2.24, 2.45) is 0 Å². The van der Waals surface area contributed by atoms with E-state index in [0.717, 1.165) is 33.3 Å². The van der Waals surface area contributed by atoms with Crippen LogP contribution in [0.1, 0.15) is 34.0 Å². The number of amides is 1. The molecule has 3 aromatic carbocycles. The summed E-state index contributed by atoms with van der Waals surface area (Å²) < 4.78 is 11.2. The first-order valence-electron chi connectivity index (χ1n) is 12.5.